The van der Waals surface area contributed by atoms with Crippen LogP contribution in [0.5, 0.6) is 0 Å². The summed E-state index contributed by atoms with van der Waals surface area (Å²) in [6, 6.07) is 0. The molecule has 0 spiro atoms. The number of ketones is 1. The van der Waals surface area contributed by atoms with E-state index in [4.69, 9.17) is 10.1 Å². The summed E-state index contributed by atoms with van der Waals surface area (Å²) in [6.07, 6.45) is -1.12. The van der Waals surface area contributed by atoms with Gasteiger partial charge >= 0.3 is 0 Å². The van der Waals surface area contributed by atoms with E-state index >= 15 is 0 Å². The van der Waals surface area contributed by atoms with Crippen LogP contribution in [-0.2, 0) is 14.2 Å². The SMILES string of the molecule is CP(=O)(O)CC(=O)CC(=O)NO. The molecule has 0 radical (unpaired) electrons. The molecule has 70 valence electrons. The predicted molar refractivity (Wildman–Crippen MR) is 40.2 cm³/mol. The number of hydroxylamine groups is 1. The minimum absolute atomic E-state index is 0.541. The van der Waals surface area contributed by atoms with Crippen molar-refractivity contribution in [2.45, 2.75) is 6.42 Å². The Morgan fingerprint density at radius 1 is 1.50 bits per heavy atom. The first-order valence-electron chi connectivity index (χ1n) is 3.09. The van der Waals surface area contributed by atoms with Gasteiger partial charge < -0.3 is 4.89 Å². The van der Waals surface area contributed by atoms with Crippen LogP contribution in [0, 0.1) is 0 Å². The molecule has 0 rings (SSSR count). The van der Waals surface area contributed by atoms with Gasteiger partial charge in [-0.2, -0.15) is 0 Å². The summed E-state index contributed by atoms with van der Waals surface area (Å²) in [5.74, 6) is -1.55. The Morgan fingerprint density at radius 2 is 2.00 bits per heavy atom. The van der Waals surface area contributed by atoms with Crippen LogP contribution in [0.3, 0.4) is 0 Å². The number of amides is 1. The molecule has 0 aliphatic carbocycles. The van der Waals surface area contributed by atoms with Crippen molar-refractivity contribution in [3.05, 3.63) is 0 Å². The van der Waals surface area contributed by atoms with Crippen LogP contribution >= 0.6 is 7.37 Å². The molecule has 12 heavy (non-hydrogen) atoms. The van der Waals surface area contributed by atoms with Crippen molar-refractivity contribution in [2.75, 3.05) is 12.8 Å². The molecule has 7 heteroatoms. The van der Waals surface area contributed by atoms with Crippen molar-refractivity contribution in [3.8, 4) is 0 Å². The highest BCUT2D eigenvalue weighted by molar-refractivity contribution is 7.58. The molecule has 0 aromatic rings. The largest absolute Gasteiger partial charge is 0.344 e. The van der Waals surface area contributed by atoms with E-state index in [1.165, 1.54) is 5.48 Å². The third-order valence-electron chi connectivity index (χ3n) is 0.952. The monoisotopic (exact) mass is 195 g/mol. The molecule has 0 aromatic carbocycles. The first-order valence-corrected chi connectivity index (χ1v) is 5.38. The van der Waals surface area contributed by atoms with E-state index in [9.17, 15) is 14.2 Å². The van der Waals surface area contributed by atoms with E-state index in [-0.39, 0.29) is 0 Å². The summed E-state index contributed by atoms with van der Waals surface area (Å²) < 4.78 is 10.6. The van der Waals surface area contributed by atoms with Gasteiger partial charge in [0.2, 0.25) is 7.37 Å². The second-order valence-corrected chi connectivity index (χ2v) is 4.88. The zero-order valence-electron chi connectivity index (χ0n) is 6.48. The molecule has 3 N–H and O–H groups in total. The number of hydrogen-bond acceptors (Lipinski definition) is 4. The smallest absolute Gasteiger partial charge is 0.250 e. The fourth-order valence-electron chi connectivity index (χ4n) is 0.602. The standard InChI is InChI=1S/C5H10NO5P/c1-12(10,11)3-4(7)2-5(8)6-9/h9H,2-3H2,1H3,(H,6,8)(H,10,11). The Morgan fingerprint density at radius 3 is 2.33 bits per heavy atom. The van der Waals surface area contributed by atoms with Crippen LogP contribution in [0.4, 0.5) is 0 Å². The number of carbonyl (C=O) groups is 2. The number of rotatable bonds is 4. The summed E-state index contributed by atoms with van der Waals surface area (Å²) in [6.45, 7) is 1.03. The highest BCUT2D eigenvalue weighted by atomic mass is 31.2. The molecule has 0 aromatic heterocycles. The number of Topliss-reactive ketones (excluding diaryl/α,β-unsaturated/α-hetero) is 1. The average Bonchev–Trinajstić information content (AvgIpc) is 1.82. The minimum Gasteiger partial charge on any atom is -0.344 e. The van der Waals surface area contributed by atoms with Crippen molar-refractivity contribution >= 4 is 19.1 Å². The van der Waals surface area contributed by atoms with E-state index in [1.54, 1.807) is 0 Å². The van der Waals surface area contributed by atoms with Gasteiger partial charge in [-0.1, -0.05) is 0 Å². The van der Waals surface area contributed by atoms with E-state index in [0.717, 1.165) is 6.66 Å². The van der Waals surface area contributed by atoms with Gasteiger partial charge in [0, 0.05) is 6.66 Å². The molecule has 0 aliphatic heterocycles. The van der Waals surface area contributed by atoms with Crippen LogP contribution in [0.15, 0.2) is 0 Å². The Bertz CT molecular complexity index is 232. The summed E-state index contributed by atoms with van der Waals surface area (Å²) in [4.78, 5) is 29.8. The number of carbonyl (C=O) groups excluding carboxylic acids is 2. The lowest BCUT2D eigenvalue weighted by molar-refractivity contribution is -0.133. The molecule has 1 atom stereocenters. The Labute approximate surface area is 69.0 Å². The Kier molecular flexibility index (Phi) is 4.09. The first kappa shape index (κ1) is 11.3. The van der Waals surface area contributed by atoms with Gasteiger partial charge in [0.15, 0.2) is 5.78 Å². The summed E-state index contributed by atoms with van der Waals surface area (Å²) in [7, 11) is -3.40. The van der Waals surface area contributed by atoms with Gasteiger partial charge in [-0.25, -0.2) is 5.48 Å². The predicted octanol–water partition coefficient (Wildman–Crippen LogP) is -0.649. The van der Waals surface area contributed by atoms with Gasteiger partial charge in [0.1, 0.15) is 0 Å². The van der Waals surface area contributed by atoms with Gasteiger partial charge in [0.05, 0.1) is 12.6 Å². The molecule has 0 saturated heterocycles. The van der Waals surface area contributed by atoms with E-state index in [0.29, 0.717) is 0 Å². The molecule has 0 aliphatic rings. The van der Waals surface area contributed by atoms with Gasteiger partial charge in [-0.3, -0.25) is 19.4 Å². The molecule has 6 nitrogen and oxygen atoms in total. The maximum atomic E-state index is 10.7. The first-order chi connectivity index (χ1) is 5.35. The van der Waals surface area contributed by atoms with Crippen LogP contribution in [0.2, 0.25) is 0 Å². The summed E-state index contributed by atoms with van der Waals surface area (Å²) >= 11 is 0. The van der Waals surface area contributed by atoms with Gasteiger partial charge in [-0.05, 0) is 0 Å². The quantitative estimate of drug-likeness (QED) is 0.239. The van der Waals surface area contributed by atoms with Gasteiger partial charge in [-0.15, -0.1) is 0 Å². The second-order valence-electron chi connectivity index (χ2n) is 2.46. The highest BCUT2D eigenvalue weighted by Gasteiger charge is 2.18. The molecular weight excluding hydrogens is 185 g/mol. The zero-order valence-corrected chi connectivity index (χ0v) is 7.38. The maximum Gasteiger partial charge on any atom is 0.250 e. The zero-order chi connectivity index (χ0) is 9.78. The maximum absolute atomic E-state index is 10.7. The molecule has 0 heterocycles. The van der Waals surface area contributed by atoms with Crippen molar-refractivity contribution < 1.29 is 24.3 Å². The summed E-state index contributed by atoms with van der Waals surface area (Å²) in [5.41, 5.74) is 1.25. The summed E-state index contributed by atoms with van der Waals surface area (Å²) in [5, 5.41) is 8.00. The van der Waals surface area contributed by atoms with Crippen molar-refractivity contribution in [1.29, 1.82) is 0 Å². The van der Waals surface area contributed by atoms with E-state index in [1.807, 2.05) is 0 Å². The number of hydrogen-bond donors (Lipinski definition) is 3. The third kappa shape index (κ3) is 6.03. The lowest BCUT2D eigenvalue weighted by Crippen LogP contribution is -2.23. The van der Waals surface area contributed by atoms with Crippen molar-refractivity contribution in [3.63, 3.8) is 0 Å². The highest BCUT2D eigenvalue weighted by Crippen LogP contribution is 2.34. The van der Waals surface area contributed by atoms with Crippen LogP contribution < -0.4 is 5.48 Å². The molecule has 1 unspecified atom stereocenters. The molecule has 1 amide bonds. The lowest BCUT2D eigenvalue weighted by Gasteiger charge is -2.02. The molecule has 0 bridgehead atoms. The average molecular weight is 195 g/mol. The van der Waals surface area contributed by atoms with Gasteiger partial charge in [0.25, 0.3) is 5.91 Å². The topological polar surface area (TPSA) is 104 Å². The lowest BCUT2D eigenvalue weighted by atomic mass is 10.3. The third-order valence-corrected chi connectivity index (χ3v) is 1.89. The number of nitrogens with one attached hydrogen (secondary N) is 1. The van der Waals surface area contributed by atoms with Crippen molar-refractivity contribution in [1.82, 2.24) is 5.48 Å². The van der Waals surface area contributed by atoms with Crippen molar-refractivity contribution in [2.24, 2.45) is 0 Å². The van der Waals surface area contributed by atoms with Crippen LogP contribution in [0.25, 0.3) is 0 Å². The normalized spacial score (nSPS) is 14.9. The molecule has 0 saturated carbocycles. The second kappa shape index (κ2) is 4.35. The Hall–Kier alpha value is -0.710. The van der Waals surface area contributed by atoms with E-state index < -0.39 is 31.6 Å². The van der Waals surface area contributed by atoms with Crippen LogP contribution in [0.1, 0.15) is 6.42 Å². The van der Waals surface area contributed by atoms with Crippen LogP contribution in [-0.4, -0.2) is 34.6 Å². The van der Waals surface area contributed by atoms with E-state index in [2.05, 4.69) is 0 Å². The minimum atomic E-state index is -3.40. The fraction of sp³-hybridized carbons (Fsp3) is 0.600. The molecular formula is C5H10NO5P. The fourth-order valence-corrected chi connectivity index (χ4v) is 1.37. The Balaban J connectivity index is 3.92. The molecule has 0 fully saturated rings.